The summed E-state index contributed by atoms with van der Waals surface area (Å²) in [5, 5.41) is 3.78. The van der Waals surface area contributed by atoms with Crippen molar-refractivity contribution in [3.05, 3.63) is 101 Å². The number of rotatable bonds is 7. The number of allylic oxidation sites excluding steroid dienone is 1. The number of hydrogen-bond acceptors (Lipinski definition) is 3. The van der Waals surface area contributed by atoms with Crippen LogP contribution in [0.25, 0.3) is 11.3 Å². The smallest absolute Gasteiger partial charge is 0.118 e. The van der Waals surface area contributed by atoms with Crippen molar-refractivity contribution in [2.75, 3.05) is 6.54 Å². The van der Waals surface area contributed by atoms with Gasteiger partial charge in [0.15, 0.2) is 0 Å². The third-order valence-electron chi connectivity index (χ3n) is 7.00. The van der Waals surface area contributed by atoms with Gasteiger partial charge in [-0.25, -0.2) is 4.98 Å². The summed E-state index contributed by atoms with van der Waals surface area (Å²) in [7, 11) is 0. The fourth-order valence-corrected chi connectivity index (χ4v) is 5.06. The van der Waals surface area contributed by atoms with E-state index in [0.29, 0.717) is 6.04 Å². The first-order valence-corrected chi connectivity index (χ1v) is 12.2. The monoisotopic (exact) mass is 435 g/mol. The van der Waals surface area contributed by atoms with Gasteiger partial charge in [0.05, 0.1) is 11.4 Å². The van der Waals surface area contributed by atoms with Crippen molar-refractivity contribution in [1.29, 1.82) is 0 Å². The molecule has 3 heteroatoms. The maximum absolute atomic E-state index is 4.94. The van der Waals surface area contributed by atoms with E-state index in [4.69, 9.17) is 9.98 Å². The lowest BCUT2D eigenvalue weighted by Crippen LogP contribution is -2.35. The maximum atomic E-state index is 4.94. The van der Waals surface area contributed by atoms with E-state index >= 15 is 0 Å². The Kier molecular flexibility index (Phi) is 6.24. The molecule has 1 aliphatic carbocycles. The molecule has 2 aromatic carbocycles. The number of aromatic nitrogens is 1. The van der Waals surface area contributed by atoms with Crippen molar-refractivity contribution < 1.29 is 0 Å². The van der Waals surface area contributed by atoms with Crippen LogP contribution in [-0.2, 0) is 24.8 Å². The molecule has 0 bridgehead atoms. The van der Waals surface area contributed by atoms with Gasteiger partial charge in [-0.05, 0) is 93.5 Å². The van der Waals surface area contributed by atoms with Crippen LogP contribution in [-0.4, -0.2) is 23.3 Å². The highest BCUT2D eigenvalue weighted by atomic mass is 14.9. The third kappa shape index (κ3) is 4.99. The molecular formula is C30H33N3. The van der Waals surface area contributed by atoms with Crippen molar-refractivity contribution in [1.82, 2.24) is 10.3 Å². The first kappa shape index (κ1) is 21.8. The molecule has 1 N–H and O–H groups in total. The number of nitrogens with zero attached hydrogens (tertiary/aromatic N) is 2. The van der Waals surface area contributed by atoms with Crippen LogP contribution in [0.4, 0.5) is 0 Å². The van der Waals surface area contributed by atoms with E-state index in [1.54, 1.807) is 0 Å². The summed E-state index contributed by atoms with van der Waals surface area (Å²) in [6.07, 6.45) is 10.1. The van der Waals surface area contributed by atoms with Crippen molar-refractivity contribution >= 4 is 5.71 Å². The lowest BCUT2D eigenvalue weighted by molar-refractivity contribution is 0.454. The Morgan fingerprint density at radius 3 is 2.58 bits per heavy atom. The quantitative estimate of drug-likeness (QED) is 0.457. The second kappa shape index (κ2) is 9.44. The van der Waals surface area contributed by atoms with E-state index < -0.39 is 0 Å². The minimum atomic E-state index is -0.354. The Labute approximate surface area is 197 Å². The van der Waals surface area contributed by atoms with Gasteiger partial charge in [-0.15, -0.1) is 0 Å². The zero-order valence-electron chi connectivity index (χ0n) is 19.7. The van der Waals surface area contributed by atoms with Gasteiger partial charge in [0, 0.05) is 17.3 Å². The number of benzene rings is 2. The van der Waals surface area contributed by atoms with E-state index in [1.165, 1.54) is 29.5 Å². The van der Waals surface area contributed by atoms with Crippen LogP contribution in [0.2, 0.25) is 0 Å². The Morgan fingerprint density at radius 1 is 0.970 bits per heavy atom. The SMILES string of the molecule is CC1=NC(C)(c2cccc(-c3ccc(CCCNC4CCc5ccccc5C4)cc3)n2)C=C1. The Morgan fingerprint density at radius 2 is 1.79 bits per heavy atom. The summed E-state index contributed by atoms with van der Waals surface area (Å²) in [6.45, 7) is 5.23. The highest BCUT2D eigenvalue weighted by Gasteiger charge is 2.27. The van der Waals surface area contributed by atoms with E-state index in [1.807, 2.05) is 6.92 Å². The largest absolute Gasteiger partial charge is 0.314 e. The minimum Gasteiger partial charge on any atom is -0.314 e. The van der Waals surface area contributed by atoms with E-state index in [0.717, 1.165) is 48.5 Å². The van der Waals surface area contributed by atoms with Crippen molar-refractivity contribution in [2.45, 2.75) is 57.5 Å². The van der Waals surface area contributed by atoms with E-state index in [-0.39, 0.29) is 5.54 Å². The van der Waals surface area contributed by atoms with Gasteiger partial charge in [0.25, 0.3) is 0 Å². The summed E-state index contributed by atoms with van der Waals surface area (Å²) >= 11 is 0. The fraction of sp³-hybridized carbons (Fsp3) is 0.333. The van der Waals surface area contributed by atoms with Crippen LogP contribution in [0.15, 0.2) is 83.9 Å². The van der Waals surface area contributed by atoms with Gasteiger partial charge in [-0.1, -0.05) is 54.6 Å². The molecule has 5 rings (SSSR count). The lowest BCUT2D eigenvalue weighted by Gasteiger charge is -2.25. The molecule has 0 saturated heterocycles. The normalized spacial score (nSPS) is 21.6. The van der Waals surface area contributed by atoms with Crippen LogP contribution in [0.1, 0.15) is 49.1 Å². The van der Waals surface area contributed by atoms with E-state index in [2.05, 4.69) is 91.1 Å². The second-order valence-corrected chi connectivity index (χ2v) is 9.61. The predicted molar refractivity (Wildman–Crippen MR) is 138 cm³/mol. The van der Waals surface area contributed by atoms with Crippen LogP contribution < -0.4 is 5.32 Å². The number of hydrogen-bond donors (Lipinski definition) is 1. The van der Waals surface area contributed by atoms with Gasteiger partial charge < -0.3 is 5.32 Å². The van der Waals surface area contributed by atoms with Crippen molar-refractivity contribution in [3.8, 4) is 11.3 Å². The molecule has 0 radical (unpaired) electrons. The highest BCUT2D eigenvalue weighted by Crippen LogP contribution is 2.31. The van der Waals surface area contributed by atoms with Gasteiger partial charge in [-0.3, -0.25) is 4.99 Å². The number of pyridine rings is 1. The molecule has 3 nitrogen and oxygen atoms in total. The topological polar surface area (TPSA) is 37.3 Å². The highest BCUT2D eigenvalue weighted by molar-refractivity contribution is 5.95. The van der Waals surface area contributed by atoms with Crippen LogP contribution in [0.5, 0.6) is 0 Å². The van der Waals surface area contributed by atoms with Gasteiger partial charge in [0.1, 0.15) is 5.54 Å². The van der Waals surface area contributed by atoms with Gasteiger partial charge in [-0.2, -0.15) is 0 Å². The number of aryl methyl sites for hydroxylation is 2. The number of nitrogens with one attached hydrogen (secondary N) is 1. The zero-order chi connectivity index (χ0) is 22.7. The average Bonchev–Trinajstić information content (AvgIpc) is 3.22. The molecule has 1 aliphatic heterocycles. The summed E-state index contributed by atoms with van der Waals surface area (Å²) in [4.78, 5) is 9.70. The van der Waals surface area contributed by atoms with Crippen LogP contribution in [0, 0.1) is 0 Å². The molecule has 1 aromatic heterocycles. The second-order valence-electron chi connectivity index (χ2n) is 9.61. The number of aliphatic imine (C=N–C) groups is 1. The Balaban J connectivity index is 1.14. The van der Waals surface area contributed by atoms with E-state index in [9.17, 15) is 0 Å². The zero-order valence-corrected chi connectivity index (χ0v) is 19.7. The summed E-state index contributed by atoms with van der Waals surface area (Å²) in [5.41, 5.74) is 8.30. The van der Waals surface area contributed by atoms with Gasteiger partial charge >= 0.3 is 0 Å². The molecular weight excluding hydrogens is 402 g/mol. The summed E-state index contributed by atoms with van der Waals surface area (Å²) in [6, 6.07) is 24.7. The molecule has 33 heavy (non-hydrogen) atoms. The summed E-state index contributed by atoms with van der Waals surface area (Å²) in [5.74, 6) is 0. The average molecular weight is 436 g/mol. The minimum absolute atomic E-state index is 0.354. The standard InChI is InChI=1S/C30H33N3/c1-22-18-19-30(2,33-22)29-11-5-10-28(32-29)25-14-12-23(13-15-25)7-6-20-31-27-17-16-24-8-3-4-9-26(24)21-27/h3-5,8-15,18-19,27,31H,6-7,16-17,20-21H2,1-2H3. The van der Waals surface area contributed by atoms with Gasteiger partial charge in [0.2, 0.25) is 0 Å². The first-order valence-electron chi connectivity index (χ1n) is 12.2. The first-order chi connectivity index (χ1) is 16.1. The fourth-order valence-electron chi connectivity index (χ4n) is 5.06. The molecule has 0 saturated carbocycles. The molecule has 0 spiro atoms. The maximum Gasteiger partial charge on any atom is 0.118 e. The summed E-state index contributed by atoms with van der Waals surface area (Å²) < 4.78 is 0. The molecule has 0 fully saturated rings. The Hall–Kier alpha value is -3.04. The van der Waals surface area contributed by atoms with Crippen molar-refractivity contribution in [2.24, 2.45) is 4.99 Å². The van der Waals surface area contributed by atoms with Crippen molar-refractivity contribution in [3.63, 3.8) is 0 Å². The molecule has 2 atom stereocenters. The van der Waals surface area contributed by atoms with Crippen LogP contribution in [0.3, 0.4) is 0 Å². The molecule has 2 unspecified atom stereocenters. The lowest BCUT2D eigenvalue weighted by atomic mass is 9.88. The molecule has 0 amide bonds. The third-order valence-corrected chi connectivity index (χ3v) is 7.00. The molecule has 3 aromatic rings. The number of fused-ring (bicyclic) bond motifs is 1. The molecule has 2 heterocycles. The molecule has 168 valence electrons. The predicted octanol–water partition coefficient (Wildman–Crippen LogP) is 6.07. The molecule has 2 aliphatic rings. The van der Waals surface area contributed by atoms with Crippen LogP contribution >= 0.6 is 0 Å². The Bertz CT molecular complexity index is 1180.